The topological polar surface area (TPSA) is 74.9 Å². The van der Waals surface area contributed by atoms with Gasteiger partial charge in [0, 0.05) is 60.9 Å². The molecule has 0 saturated carbocycles. The molecule has 1 unspecified atom stereocenters. The normalized spacial score (nSPS) is 22.6. The summed E-state index contributed by atoms with van der Waals surface area (Å²) in [5, 5.41) is 1.59. The molecule has 3 fully saturated rings. The number of likely N-dealkylation sites (tertiary alicyclic amines) is 2. The van der Waals surface area contributed by atoms with Crippen molar-refractivity contribution in [3.63, 3.8) is 0 Å². The van der Waals surface area contributed by atoms with Crippen molar-refractivity contribution in [3.8, 4) is 0 Å². The first-order valence-corrected chi connectivity index (χ1v) is 12.0. The Labute approximate surface area is 193 Å². The third-order valence-electron chi connectivity index (χ3n) is 7.39. The van der Waals surface area contributed by atoms with Gasteiger partial charge < -0.3 is 24.3 Å². The number of aromatic nitrogens is 1. The van der Waals surface area contributed by atoms with Gasteiger partial charge in [0.2, 0.25) is 5.91 Å². The number of rotatable bonds is 3. The van der Waals surface area contributed by atoms with Crippen molar-refractivity contribution in [3.05, 3.63) is 35.0 Å². The Kier molecular flexibility index (Phi) is 5.90. The van der Waals surface area contributed by atoms with Gasteiger partial charge in [-0.05, 0) is 43.0 Å². The monoisotopic (exact) mass is 459 g/mol. The molecule has 172 valence electrons. The summed E-state index contributed by atoms with van der Waals surface area (Å²) >= 11 is 6.06. The molecule has 0 aliphatic carbocycles. The minimum absolute atomic E-state index is 0.00708. The van der Waals surface area contributed by atoms with Crippen molar-refractivity contribution in [2.75, 3.05) is 39.4 Å². The van der Waals surface area contributed by atoms with Crippen LogP contribution in [-0.2, 0) is 14.3 Å². The van der Waals surface area contributed by atoms with Crippen LogP contribution >= 0.6 is 11.6 Å². The van der Waals surface area contributed by atoms with Gasteiger partial charge in [0.15, 0.2) is 5.79 Å². The molecule has 1 spiro atoms. The first-order chi connectivity index (χ1) is 15.4. The van der Waals surface area contributed by atoms with Crippen LogP contribution in [0.25, 0.3) is 10.9 Å². The van der Waals surface area contributed by atoms with Crippen LogP contribution in [0.2, 0.25) is 5.02 Å². The summed E-state index contributed by atoms with van der Waals surface area (Å²) in [6.45, 7) is 6.04. The summed E-state index contributed by atoms with van der Waals surface area (Å²) in [7, 11) is 0. The maximum absolute atomic E-state index is 13.1. The number of aromatic amines is 1. The van der Waals surface area contributed by atoms with E-state index in [1.165, 1.54) is 0 Å². The molecule has 2 amide bonds. The molecule has 3 saturated heterocycles. The molecule has 1 N–H and O–H groups in total. The minimum Gasteiger partial charge on any atom is -0.351 e. The zero-order valence-corrected chi connectivity index (χ0v) is 19.2. The van der Waals surface area contributed by atoms with Crippen molar-refractivity contribution in [1.29, 1.82) is 0 Å². The number of nitrogens with zero attached hydrogens (tertiary/aromatic N) is 2. The number of halogens is 1. The lowest BCUT2D eigenvalue weighted by atomic mass is 9.84. The smallest absolute Gasteiger partial charge is 0.270 e. The van der Waals surface area contributed by atoms with E-state index in [1.807, 2.05) is 41.0 Å². The fraction of sp³-hybridized carbons (Fsp3) is 0.583. The number of ether oxygens (including phenoxy) is 2. The van der Waals surface area contributed by atoms with Crippen LogP contribution in [0.4, 0.5) is 0 Å². The molecule has 4 heterocycles. The number of fused-ring (bicyclic) bond motifs is 1. The predicted molar refractivity (Wildman–Crippen MR) is 122 cm³/mol. The van der Waals surface area contributed by atoms with Crippen LogP contribution in [0.15, 0.2) is 24.3 Å². The average molecular weight is 460 g/mol. The van der Waals surface area contributed by atoms with Gasteiger partial charge in [-0.3, -0.25) is 9.59 Å². The van der Waals surface area contributed by atoms with Gasteiger partial charge in [-0.25, -0.2) is 0 Å². The molecule has 0 bridgehead atoms. The molecule has 3 aliphatic rings. The summed E-state index contributed by atoms with van der Waals surface area (Å²) < 4.78 is 11.6. The zero-order chi connectivity index (χ0) is 22.3. The fourth-order valence-electron chi connectivity index (χ4n) is 5.33. The van der Waals surface area contributed by atoms with Crippen LogP contribution in [0.1, 0.15) is 43.1 Å². The minimum atomic E-state index is -0.459. The SMILES string of the molecule is CC(C(=O)N1CCC2(CC1)OCCO2)C1CCN(C(=O)c2cc3cc(Cl)ccc3[nH]2)CC1. The largest absolute Gasteiger partial charge is 0.351 e. The van der Waals surface area contributed by atoms with Crippen molar-refractivity contribution in [2.45, 2.75) is 38.4 Å². The molecule has 3 aliphatic heterocycles. The maximum Gasteiger partial charge on any atom is 0.270 e. The Balaban J connectivity index is 1.15. The van der Waals surface area contributed by atoms with E-state index < -0.39 is 5.79 Å². The molecule has 0 radical (unpaired) electrons. The molecule has 7 nitrogen and oxygen atoms in total. The van der Waals surface area contributed by atoms with Crippen molar-refractivity contribution < 1.29 is 19.1 Å². The Hall–Kier alpha value is -2.09. The van der Waals surface area contributed by atoms with E-state index >= 15 is 0 Å². The molecule has 1 aromatic heterocycles. The first-order valence-electron chi connectivity index (χ1n) is 11.6. The highest BCUT2D eigenvalue weighted by atomic mass is 35.5. The number of carbonyl (C=O) groups is 2. The lowest BCUT2D eigenvalue weighted by Crippen LogP contribution is -2.50. The second-order valence-electron chi connectivity index (χ2n) is 9.27. The summed E-state index contributed by atoms with van der Waals surface area (Å²) in [4.78, 5) is 33.2. The summed E-state index contributed by atoms with van der Waals surface area (Å²) in [5.41, 5.74) is 1.49. The van der Waals surface area contributed by atoms with E-state index in [1.54, 1.807) is 0 Å². The number of H-pyrrole nitrogens is 1. The Morgan fingerprint density at radius 1 is 1.06 bits per heavy atom. The summed E-state index contributed by atoms with van der Waals surface area (Å²) in [6, 6.07) is 7.43. The third-order valence-corrected chi connectivity index (χ3v) is 7.62. The van der Waals surface area contributed by atoms with Gasteiger partial charge in [0.1, 0.15) is 5.69 Å². The van der Waals surface area contributed by atoms with E-state index in [9.17, 15) is 9.59 Å². The molecule has 1 atom stereocenters. The standard InChI is InChI=1S/C24H30ClN3O4/c1-16(22(29)28-10-6-24(7-11-28)31-12-13-32-24)17-4-8-27(9-5-17)23(30)21-15-18-14-19(25)2-3-20(18)26-21/h2-3,14-17,26H,4-13H2,1H3. The Morgan fingerprint density at radius 3 is 2.44 bits per heavy atom. The van der Waals surface area contributed by atoms with E-state index in [0.29, 0.717) is 56.0 Å². The number of benzene rings is 1. The number of hydrogen-bond donors (Lipinski definition) is 1. The van der Waals surface area contributed by atoms with Crippen LogP contribution < -0.4 is 0 Å². The van der Waals surface area contributed by atoms with E-state index in [-0.39, 0.29) is 17.7 Å². The molecular weight excluding hydrogens is 430 g/mol. The third kappa shape index (κ3) is 4.14. The summed E-state index contributed by atoms with van der Waals surface area (Å²) in [5.74, 6) is 0.0206. The summed E-state index contributed by atoms with van der Waals surface area (Å²) in [6.07, 6.45) is 3.17. The van der Waals surface area contributed by atoms with Gasteiger partial charge in [-0.2, -0.15) is 0 Å². The lowest BCUT2D eigenvalue weighted by molar-refractivity contribution is -0.188. The quantitative estimate of drug-likeness (QED) is 0.759. The van der Waals surface area contributed by atoms with Gasteiger partial charge in [0.25, 0.3) is 5.91 Å². The number of amides is 2. The lowest BCUT2D eigenvalue weighted by Gasteiger charge is -2.40. The van der Waals surface area contributed by atoms with Crippen molar-refractivity contribution in [2.24, 2.45) is 11.8 Å². The van der Waals surface area contributed by atoms with Crippen LogP contribution in [0, 0.1) is 11.8 Å². The molecule has 2 aromatic rings. The van der Waals surface area contributed by atoms with Crippen LogP contribution in [0.5, 0.6) is 0 Å². The van der Waals surface area contributed by atoms with Crippen molar-refractivity contribution in [1.82, 2.24) is 14.8 Å². The predicted octanol–water partition coefficient (Wildman–Crippen LogP) is 3.68. The highest BCUT2D eigenvalue weighted by Crippen LogP contribution is 2.33. The van der Waals surface area contributed by atoms with E-state index in [2.05, 4.69) is 4.98 Å². The number of piperidine rings is 2. The number of carbonyl (C=O) groups excluding carboxylic acids is 2. The zero-order valence-electron chi connectivity index (χ0n) is 18.4. The van der Waals surface area contributed by atoms with Crippen LogP contribution in [0.3, 0.4) is 0 Å². The number of hydrogen-bond acceptors (Lipinski definition) is 4. The van der Waals surface area contributed by atoms with E-state index in [4.69, 9.17) is 21.1 Å². The first kappa shape index (κ1) is 21.7. The number of nitrogens with one attached hydrogen (secondary N) is 1. The van der Waals surface area contributed by atoms with E-state index in [0.717, 1.165) is 36.6 Å². The highest BCUT2D eigenvalue weighted by molar-refractivity contribution is 6.31. The highest BCUT2D eigenvalue weighted by Gasteiger charge is 2.42. The van der Waals surface area contributed by atoms with Gasteiger partial charge in [0.05, 0.1) is 13.2 Å². The van der Waals surface area contributed by atoms with Crippen molar-refractivity contribution >= 4 is 34.3 Å². The Morgan fingerprint density at radius 2 is 1.75 bits per heavy atom. The van der Waals surface area contributed by atoms with Crippen LogP contribution in [-0.4, -0.2) is 71.8 Å². The maximum atomic E-state index is 13.1. The molecule has 8 heteroatoms. The second kappa shape index (κ2) is 8.69. The average Bonchev–Trinajstić information content (AvgIpc) is 3.45. The fourth-order valence-corrected chi connectivity index (χ4v) is 5.52. The van der Waals surface area contributed by atoms with Gasteiger partial charge >= 0.3 is 0 Å². The van der Waals surface area contributed by atoms with Gasteiger partial charge in [-0.1, -0.05) is 18.5 Å². The molecular formula is C24H30ClN3O4. The Bertz CT molecular complexity index is 998. The second-order valence-corrected chi connectivity index (χ2v) is 9.70. The molecule has 1 aromatic carbocycles. The molecule has 32 heavy (non-hydrogen) atoms. The molecule has 5 rings (SSSR count). The van der Waals surface area contributed by atoms with Gasteiger partial charge in [-0.15, -0.1) is 0 Å².